The zero-order valence-electron chi connectivity index (χ0n) is 14.4. The number of aliphatic carboxylic acids is 4. The van der Waals surface area contributed by atoms with Crippen molar-refractivity contribution >= 4 is 91.3 Å². The van der Waals surface area contributed by atoms with Crippen LogP contribution in [0.1, 0.15) is 0 Å². The molecule has 136 valence electrons. The Morgan fingerprint density at radius 3 is 0.393 bits per heavy atom. The van der Waals surface area contributed by atoms with Crippen molar-refractivity contribution in [1.29, 1.82) is 0 Å². The van der Waals surface area contributed by atoms with Gasteiger partial charge in [0.15, 0.2) is 0 Å². The summed E-state index contributed by atoms with van der Waals surface area (Å²) in [6.07, 6.45) is 0. The summed E-state index contributed by atoms with van der Waals surface area (Å²) in [6, 6.07) is 0. The van der Waals surface area contributed by atoms with Crippen LogP contribution < -0.4 is 226 Å². The summed E-state index contributed by atoms with van der Waals surface area (Å²) in [7, 11) is 0. The standard InChI is InChI=1S/4C2HClO3.4K/c4*3-1(4)2(5)6;;;;/h4*(H,5,6);;;;/q;;;;4*+1/p-4. The van der Waals surface area contributed by atoms with E-state index >= 15 is 0 Å². The summed E-state index contributed by atoms with van der Waals surface area (Å²) in [5.74, 6) is -7.46. The maximum absolute atomic E-state index is 9.25. The molecular formula is C8Cl4K4O12. The molecule has 0 saturated carbocycles. The van der Waals surface area contributed by atoms with E-state index in [1.807, 2.05) is 0 Å². The molecule has 0 aromatic rings. The molecule has 0 aliphatic heterocycles. The second-order valence-electron chi connectivity index (χ2n) is 2.24. The average molecular weight is 586 g/mol. The Balaban J connectivity index is -0.0000000303. The predicted molar refractivity (Wildman–Crippen MR) is 63.5 cm³/mol. The summed E-state index contributed by atoms with van der Waals surface area (Å²) >= 11 is 17.2. The van der Waals surface area contributed by atoms with Gasteiger partial charge in [0, 0.05) is 0 Å². The van der Waals surface area contributed by atoms with Crippen molar-refractivity contribution in [2.75, 3.05) is 0 Å². The molecule has 0 saturated heterocycles. The van der Waals surface area contributed by atoms with Gasteiger partial charge in [-0.05, 0) is 46.4 Å². The molecule has 28 heavy (non-hydrogen) atoms. The van der Waals surface area contributed by atoms with E-state index in [9.17, 15) is 19.2 Å². The minimum atomic E-state index is -1.86. The number of rotatable bonds is 4. The molecule has 0 radical (unpaired) electrons. The Labute approximate surface area is 346 Å². The van der Waals surface area contributed by atoms with E-state index in [0.29, 0.717) is 0 Å². The number of hydrogen-bond acceptors (Lipinski definition) is 12. The smallest absolute Gasteiger partial charge is 0.541 e. The van der Waals surface area contributed by atoms with Crippen LogP contribution in [0.25, 0.3) is 0 Å². The van der Waals surface area contributed by atoms with Crippen LogP contribution in [0.3, 0.4) is 0 Å². The van der Waals surface area contributed by atoms with E-state index in [1.54, 1.807) is 0 Å². The van der Waals surface area contributed by atoms with E-state index in [0.717, 1.165) is 0 Å². The fourth-order valence-electron chi connectivity index (χ4n) is 0. The van der Waals surface area contributed by atoms with Crippen molar-refractivity contribution in [1.82, 2.24) is 0 Å². The van der Waals surface area contributed by atoms with Gasteiger partial charge in [0.05, 0.1) is 0 Å². The summed E-state index contributed by atoms with van der Waals surface area (Å²) in [6.45, 7) is 0. The van der Waals surface area contributed by atoms with Crippen molar-refractivity contribution in [2.45, 2.75) is 0 Å². The van der Waals surface area contributed by atoms with E-state index in [1.165, 1.54) is 0 Å². The number of carbonyl (C=O) groups excluding carboxylic acids is 8. The van der Waals surface area contributed by atoms with E-state index in [4.69, 9.17) is 39.6 Å². The summed E-state index contributed by atoms with van der Waals surface area (Å²) in [4.78, 5) is 73.4. The fourth-order valence-corrected chi connectivity index (χ4v) is 0. The molecular weight excluding hydrogens is 586 g/mol. The number of carboxylic acids is 4. The molecule has 0 fully saturated rings. The molecule has 0 amide bonds. The Bertz CT molecular complexity index is 412. The van der Waals surface area contributed by atoms with Gasteiger partial charge in [-0.3, -0.25) is 19.2 Å². The largest absolute Gasteiger partial charge is 1.00 e. The zero-order chi connectivity index (χ0) is 20.6. The van der Waals surface area contributed by atoms with E-state index in [2.05, 4.69) is 46.4 Å². The quantitative estimate of drug-likeness (QED) is 0.170. The summed E-state index contributed by atoms with van der Waals surface area (Å²) < 4.78 is 0. The fraction of sp³-hybridized carbons (Fsp3) is 0. The third-order valence-corrected chi connectivity index (χ3v) is 1.26. The van der Waals surface area contributed by atoms with Crippen molar-refractivity contribution < 1.29 is 264 Å². The monoisotopic (exact) mass is 584 g/mol. The van der Waals surface area contributed by atoms with Gasteiger partial charge in [0.1, 0.15) is 23.9 Å². The maximum atomic E-state index is 9.25. The maximum Gasteiger partial charge on any atom is 1.00 e. The molecule has 0 bridgehead atoms. The third kappa shape index (κ3) is 63.1. The molecule has 0 atom stereocenters. The van der Waals surface area contributed by atoms with E-state index < -0.39 is 44.8 Å². The average Bonchev–Trinajstić information content (AvgIpc) is 2.40. The predicted octanol–water partition coefficient (Wildman–Crippen LogP) is -18.0. The number of carboxylic acid groups (broad SMARTS) is 4. The number of halogens is 4. The van der Waals surface area contributed by atoms with Crippen molar-refractivity contribution in [3.8, 4) is 0 Å². The molecule has 0 rings (SSSR count). The van der Waals surface area contributed by atoms with Crippen LogP contribution in [-0.4, -0.2) is 44.8 Å². The molecule has 0 unspecified atom stereocenters. The van der Waals surface area contributed by atoms with Crippen LogP contribution in [0, 0.1) is 0 Å². The summed E-state index contributed by atoms with van der Waals surface area (Å²) in [5, 5.41) is 30.6. The molecule has 0 spiro atoms. The van der Waals surface area contributed by atoms with Crippen molar-refractivity contribution in [2.24, 2.45) is 0 Å². The third-order valence-electron chi connectivity index (χ3n) is 0.642. The first-order valence-electron chi connectivity index (χ1n) is 4.21. The molecule has 0 aliphatic carbocycles. The van der Waals surface area contributed by atoms with Crippen molar-refractivity contribution in [3.63, 3.8) is 0 Å². The Kier molecular flexibility index (Phi) is 68.6. The number of hydrogen-bond donors (Lipinski definition) is 0. The normalized spacial score (nSPS) is 6.43. The van der Waals surface area contributed by atoms with Crippen molar-refractivity contribution in [3.05, 3.63) is 0 Å². The molecule has 0 aliphatic rings. The van der Waals surface area contributed by atoms with Gasteiger partial charge in [-0.1, -0.05) is 0 Å². The first kappa shape index (κ1) is 53.6. The van der Waals surface area contributed by atoms with Gasteiger partial charge in [0.2, 0.25) is 0 Å². The van der Waals surface area contributed by atoms with Gasteiger partial charge < -0.3 is 39.6 Å². The van der Waals surface area contributed by atoms with Crippen LogP contribution in [0.4, 0.5) is 0 Å². The van der Waals surface area contributed by atoms with E-state index in [-0.39, 0.29) is 206 Å². The minimum Gasteiger partial charge on any atom is -0.541 e. The van der Waals surface area contributed by atoms with Gasteiger partial charge in [-0.25, -0.2) is 0 Å². The SMILES string of the molecule is O=C([O-])C(=O)Cl.O=C([O-])C(=O)Cl.O=C([O-])C(=O)Cl.O=C([O-])C(=O)Cl.[K+].[K+].[K+].[K+]. The molecule has 0 N–H and O–H groups in total. The summed E-state index contributed by atoms with van der Waals surface area (Å²) in [5.41, 5.74) is 0. The Morgan fingerprint density at radius 2 is 0.393 bits per heavy atom. The van der Waals surface area contributed by atoms with Gasteiger partial charge in [0.25, 0.3) is 21.0 Å². The van der Waals surface area contributed by atoms with Crippen LogP contribution in [0.15, 0.2) is 0 Å². The first-order chi connectivity index (χ1) is 10.6. The Hall–Kier alpha value is 4.27. The number of carbonyl (C=O) groups is 8. The molecule has 0 heterocycles. The van der Waals surface area contributed by atoms with Crippen LogP contribution in [-0.2, 0) is 38.4 Å². The second kappa shape index (κ2) is 35.8. The second-order valence-corrected chi connectivity index (χ2v) is 3.62. The van der Waals surface area contributed by atoms with Crippen LogP contribution >= 0.6 is 46.4 Å². The first-order valence-corrected chi connectivity index (χ1v) is 5.72. The molecule has 0 aromatic heterocycles. The topological polar surface area (TPSA) is 229 Å². The van der Waals surface area contributed by atoms with Crippen LogP contribution in [0.5, 0.6) is 0 Å². The van der Waals surface area contributed by atoms with Gasteiger partial charge in [-0.15, -0.1) is 0 Å². The zero-order valence-corrected chi connectivity index (χ0v) is 29.9. The molecule has 0 aromatic carbocycles. The molecule has 20 heteroatoms. The molecule has 12 nitrogen and oxygen atoms in total. The minimum absolute atomic E-state index is 0. The van der Waals surface area contributed by atoms with Gasteiger partial charge >= 0.3 is 206 Å². The van der Waals surface area contributed by atoms with Gasteiger partial charge in [-0.2, -0.15) is 0 Å². The Morgan fingerprint density at radius 1 is 0.357 bits per heavy atom. The van der Waals surface area contributed by atoms with Crippen LogP contribution in [0.2, 0.25) is 0 Å².